The summed E-state index contributed by atoms with van der Waals surface area (Å²) >= 11 is 0. The molecule has 1 unspecified atom stereocenters. The molecule has 20 heavy (non-hydrogen) atoms. The molecule has 0 aliphatic carbocycles. The van der Waals surface area contributed by atoms with Crippen molar-refractivity contribution in [2.75, 3.05) is 13.7 Å². The zero-order valence-electron chi connectivity index (χ0n) is 11.5. The van der Waals surface area contributed by atoms with Crippen LogP contribution in [0.5, 0.6) is 0 Å². The number of carbonyl (C=O) groups is 2. The summed E-state index contributed by atoms with van der Waals surface area (Å²) in [6, 6.07) is 6.48. The Morgan fingerprint density at radius 1 is 1.35 bits per heavy atom. The Bertz CT molecular complexity index is 462. The molecule has 0 bridgehead atoms. The lowest BCUT2D eigenvalue weighted by Crippen LogP contribution is -2.41. The fourth-order valence-corrected chi connectivity index (χ4v) is 1.75. The third kappa shape index (κ3) is 5.38. The van der Waals surface area contributed by atoms with E-state index in [4.69, 9.17) is 15.6 Å². The molecular formula is C14H20N2O4. The van der Waals surface area contributed by atoms with Gasteiger partial charge in [-0.2, -0.15) is 0 Å². The molecule has 0 radical (unpaired) electrons. The van der Waals surface area contributed by atoms with Crippen LogP contribution in [-0.2, 0) is 27.3 Å². The van der Waals surface area contributed by atoms with Gasteiger partial charge in [0.05, 0.1) is 12.5 Å². The minimum Gasteiger partial charge on any atom is -0.481 e. The molecule has 0 aliphatic rings. The first-order valence-corrected chi connectivity index (χ1v) is 6.35. The molecular weight excluding hydrogens is 260 g/mol. The van der Waals surface area contributed by atoms with Crippen LogP contribution in [0.2, 0.25) is 0 Å². The summed E-state index contributed by atoms with van der Waals surface area (Å²) in [5, 5.41) is 11.5. The Labute approximate surface area is 117 Å². The number of carboxylic acid groups (broad SMARTS) is 1. The second-order valence-electron chi connectivity index (χ2n) is 4.44. The average Bonchev–Trinajstić information content (AvgIpc) is 2.42. The zero-order chi connectivity index (χ0) is 15.0. The number of amides is 1. The quantitative estimate of drug-likeness (QED) is 0.635. The van der Waals surface area contributed by atoms with Crippen molar-refractivity contribution in [2.24, 2.45) is 5.73 Å². The Morgan fingerprint density at radius 2 is 2.00 bits per heavy atom. The van der Waals surface area contributed by atoms with Gasteiger partial charge in [-0.05, 0) is 17.5 Å². The minimum absolute atomic E-state index is 0.0677. The molecule has 4 N–H and O–H groups in total. The summed E-state index contributed by atoms with van der Waals surface area (Å²) in [7, 11) is 1.55. The predicted octanol–water partition coefficient (Wildman–Crippen LogP) is 0.294. The standard InChI is InChI=1S/C14H20N2O4/c1-20-7-6-12(15)14(19)16-9-11-5-3-2-4-10(11)8-13(17)18/h2-5,12H,6-9,15H2,1H3,(H,16,19)(H,17,18). The van der Waals surface area contributed by atoms with Crippen LogP contribution in [0.4, 0.5) is 0 Å². The lowest BCUT2D eigenvalue weighted by molar-refractivity contribution is -0.136. The Kier molecular flexibility index (Phi) is 6.69. The highest BCUT2D eigenvalue weighted by Gasteiger charge is 2.13. The SMILES string of the molecule is COCCC(N)C(=O)NCc1ccccc1CC(=O)O. The molecule has 0 heterocycles. The number of hydrogen-bond acceptors (Lipinski definition) is 4. The van der Waals surface area contributed by atoms with Crippen molar-refractivity contribution in [3.05, 3.63) is 35.4 Å². The third-order valence-corrected chi connectivity index (χ3v) is 2.88. The van der Waals surface area contributed by atoms with Gasteiger partial charge in [-0.3, -0.25) is 9.59 Å². The zero-order valence-corrected chi connectivity index (χ0v) is 11.5. The van der Waals surface area contributed by atoms with Crippen LogP contribution in [0, 0.1) is 0 Å². The normalized spacial score (nSPS) is 11.9. The molecule has 6 nitrogen and oxygen atoms in total. The fourth-order valence-electron chi connectivity index (χ4n) is 1.75. The van der Waals surface area contributed by atoms with E-state index in [1.807, 2.05) is 0 Å². The summed E-state index contributed by atoms with van der Waals surface area (Å²) in [6.07, 6.45) is 0.376. The maximum Gasteiger partial charge on any atom is 0.307 e. The molecule has 6 heteroatoms. The smallest absolute Gasteiger partial charge is 0.307 e. The minimum atomic E-state index is -0.902. The molecule has 0 aromatic heterocycles. The van der Waals surface area contributed by atoms with Crippen molar-refractivity contribution in [1.29, 1.82) is 0 Å². The molecule has 1 rings (SSSR count). The Hall–Kier alpha value is -1.92. The van der Waals surface area contributed by atoms with E-state index in [1.165, 1.54) is 0 Å². The Balaban J connectivity index is 2.56. The third-order valence-electron chi connectivity index (χ3n) is 2.88. The molecule has 0 aliphatic heterocycles. The number of ether oxygens (including phenoxy) is 1. The first-order chi connectivity index (χ1) is 9.54. The van der Waals surface area contributed by atoms with Gasteiger partial charge in [-0.25, -0.2) is 0 Å². The van der Waals surface area contributed by atoms with Crippen molar-refractivity contribution >= 4 is 11.9 Å². The summed E-state index contributed by atoms with van der Waals surface area (Å²) < 4.78 is 4.86. The topological polar surface area (TPSA) is 102 Å². The highest BCUT2D eigenvalue weighted by atomic mass is 16.5. The summed E-state index contributed by atoms with van der Waals surface area (Å²) in [5.74, 6) is -1.17. The number of rotatable bonds is 8. The predicted molar refractivity (Wildman–Crippen MR) is 74.1 cm³/mol. The van der Waals surface area contributed by atoms with Gasteiger partial charge in [-0.15, -0.1) is 0 Å². The van der Waals surface area contributed by atoms with Crippen LogP contribution >= 0.6 is 0 Å². The van der Waals surface area contributed by atoms with E-state index in [0.29, 0.717) is 18.6 Å². The number of benzene rings is 1. The molecule has 0 saturated carbocycles. The van der Waals surface area contributed by atoms with Gasteiger partial charge >= 0.3 is 5.97 Å². The van der Waals surface area contributed by atoms with Gasteiger partial charge in [0.1, 0.15) is 0 Å². The van der Waals surface area contributed by atoms with E-state index in [0.717, 1.165) is 5.56 Å². The molecule has 0 saturated heterocycles. The molecule has 1 aromatic rings. The van der Waals surface area contributed by atoms with E-state index < -0.39 is 12.0 Å². The van der Waals surface area contributed by atoms with Crippen molar-refractivity contribution < 1.29 is 19.4 Å². The van der Waals surface area contributed by atoms with Crippen LogP contribution in [0.3, 0.4) is 0 Å². The highest BCUT2D eigenvalue weighted by Crippen LogP contribution is 2.09. The van der Waals surface area contributed by atoms with E-state index in [9.17, 15) is 9.59 Å². The van der Waals surface area contributed by atoms with Crippen LogP contribution in [-0.4, -0.2) is 36.7 Å². The van der Waals surface area contributed by atoms with E-state index in [1.54, 1.807) is 31.4 Å². The van der Waals surface area contributed by atoms with Gasteiger partial charge in [0.25, 0.3) is 0 Å². The first kappa shape index (κ1) is 16.1. The second-order valence-corrected chi connectivity index (χ2v) is 4.44. The van der Waals surface area contributed by atoms with Crippen molar-refractivity contribution in [1.82, 2.24) is 5.32 Å². The van der Waals surface area contributed by atoms with E-state index >= 15 is 0 Å². The van der Waals surface area contributed by atoms with Gasteiger partial charge in [0.2, 0.25) is 5.91 Å². The number of nitrogens with two attached hydrogens (primary N) is 1. The Morgan fingerprint density at radius 3 is 2.60 bits per heavy atom. The maximum atomic E-state index is 11.7. The van der Waals surface area contributed by atoms with Gasteiger partial charge in [-0.1, -0.05) is 24.3 Å². The lowest BCUT2D eigenvalue weighted by Gasteiger charge is -2.13. The lowest BCUT2D eigenvalue weighted by atomic mass is 10.0. The van der Waals surface area contributed by atoms with Gasteiger partial charge in [0, 0.05) is 20.3 Å². The molecule has 110 valence electrons. The van der Waals surface area contributed by atoms with Crippen molar-refractivity contribution in [3.63, 3.8) is 0 Å². The van der Waals surface area contributed by atoms with Gasteiger partial charge < -0.3 is 20.9 Å². The summed E-state index contributed by atoms with van der Waals surface area (Å²) in [6.45, 7) is 0.688. The molecule has 1 atom stereocenters. The average molecular weight is 280 g/mol. The van der Waals surface area contributed by atoms with Crippen LogP contribution in [0.15, 0.2) is 24.3 Å². The number of nitrogens with one attached hydrogen (secondary N) is 1. The fraction of sp³-hybridized carbons (Fsp3) is 0.429. The van der Waals surface area contributed by atoms with E-state index in [2.05, 4.69) is 5.32 Å². The highest BCUT2D eigenvalue weighted by molar-refractivity contribution is 5.81. The summed E-state index contributed by atoms with van der Waals surface area (Å²) in [4.78, 5) is 22.5. The van der Waals surface area contributed by atoms with Crippen LogP contribution in [0.25, 0.3) is 0 Å². The number of aliphatic carboxylic acids is 1. The largest absolute Gasteiger partial charge is 0.481 e. The maximum absolute atomic E-state index is 11.7. The monoisotopic (exact) mass is 280 g/mol. The summed E-state index contributed by atoms with van der Waals surface area (Å²) in [5.41, 5.74) is 7.17. The second kappa shape index (κ2) is 8.29. The number of carbonyl (C=O) groups excluding carboxylic acids is 1. The molecule has 1 amide bonds. The van der Waals surface area contributed by atoms with Crippen molar-refractivity contribution in [2.45, 2.75) is 25.4 Å². The number of methoxy groups -OCH3 is 1. The molecule has 0 fully saturated rings. The number of carboxylic acids is 1. The van der Waals surface area contributed by atoms with Crippen LogP contribution < -0.4 is 11.1 Å². The first-order valence-electron chi connectivity index (χ1n) is 6.35. The van der Waals surface area contributed by atoms with Crippen molar-refractivity contribution in [3.8, 4) is 0 Å². The number of hydrogen-bond donors (Lipinski definition) is 3. The van der Waals surface area contributed by atoms with E-state index in [-0.39, 0.29) is 18.9 Å². The van der Waals surface area contributed by atoms with Gasteiger partial charge in [0.15, 0.2) is 0 Å². The molecule has 0 spiro atoms. The van der Waals surface area contributed by atoms with Crippen LogP contribution in [0.1, 0.15) is 17.5 Å². The molecule has 1 aromatic carbocycles.